The van der Waals surface area contributed by atoms with Crippen LogP contribution in [-0.2, 0) is 12.7 Å². The molecule has 2 aromatic carbocycles. The van der Waals surface area contributed by atoms with E-state index in [9.17, 15) is 18.3 Å². The molecule has 21 heavy (non-hydrogen) atoms. The maximum atomic E-state index is 12.9. The Labute approximate surface area is 121 Å². The topological polar surface area (TPSA) is 32.3 Å². The van der Waals surface area contributed by atoms with Crippen molar-refractivity contribution in [1.29, 1.82) is 0 Å². The van der Waals surface area contributed by atoms with Crippen LogP contribution < -0.4 is 5.32 Å². The molecular weight excluding hydrogens is 279 g/mol. The maximum Gasteiger partial charge on any atom is 0.416 e. The van der Waals surface area contributed by atoms with Gasteiger partial charge in [-0.15, -0.1) is 0 Å². The molecule has 0 saturated heterocycles. The summed E-state index contributed by atoms with van der Waals surface area (Å²) in [6.07, 6.45) is -4.35. The van der Waals surface area contributed by atoms with Crippen LogP contribution in [0.15, 0.2) is 48.5 Å². The zero-order valence-corrected chi connectivity index (χ0v) is 11.5. The first-order valence-electron chi connectivity index (χ1n) is 6.55. The third-order valence-corrected chi connectivity index (χ3v) is 3.29. The number of benzene rings is 2. The number of halogens is 3. The number of hydrogen-bond acceptors (Lipinski definition) is 2. The average Bonchev–Trinajstić information content (AvgIpc) is 2.44. The molecule has 0 heterocycles. The molecule has 2 nitrogen and oxygen atoms in total. The third kappa shape index (κ3) is 3.98. The van der Waals surface area contributed by atoms with Gasteiger partial charge in [0, 0.05) is 12.6 Å². The van der Waals surface area contributed by atoms with Crippen molar-refractivity contribution in [3.63, 3.8) is 0 Å². The standard InChI is InChI=1S/C16H16F3NO/c1-11(12-6-4-7-14(21)9-12)20-10-13-5-2-3-8-15(13)16(17,18)19/h2-9,11,20-21H,10H2,1H3. The van der Waals surface area contributed by atoms with E-state index in [-0.39, 0.29) is 23.9 Å². The van der Waals surface area contributed by atoms with Gasteiger partial charge in [0.1, 0.15) is 5.75 Å². The van der Waals surface area contributed by atoms with E-state index in [4.69, 9.17) is 0 Å². The zero-order chi connectivity index (χ0) is 15.5. The summed E-state index contributed by atoms with van der Waals surface area (Å²) >= 11 is 0. The summed E-state index contributed by atoms with van der Waals surface area (Å²) in [4.78, 5) is 0. The van der Waals surface area contributed by atoms with Gasteiger partial charge in [-0.2, -0.15) is 13.2 Å². The summed E-state index contributed by atoms with van der Waals surface area (Å²) in [6.45, 7) is 1.94. The first-order chi connectivity index (χ1) is 9.88. The Hall–Kier alpha value is -2.01. The predicted octanol–water partition coefficient (Wildman–Crippen LogP) is 4.26. The summed E-state index contributed by atoms with van der Waals surface area (Å²) < 4.78 is 38.7. The van der Waals surface area contributed by atoms with E-state index in [0.29, 0.717) is 0 Å². The molecule has 2 rings (SSSR count). The van der Waals surface area contributed by atoms with Crippen molar-refractivity contribution in [2.24, 2.45) is 0 Å². The summed E-state index contributed by atoms with van der Waals surface area (Å²) in [5.74, 6) is 0.136. The molecule has 0 aromatic heterocycles. The molecule has 0 bridgehead atoms. The molecule has 0 aliphatic carbocycles. The minimum Gasteiger partial charge on any atom is -0.508 e. The van der Waals surface area contributed by atoms with E-state index in [1.54, 1.807) is 24.3 Å². The van der Waals surface area contributed by atoms with Crippen LogP contribution in [0.1, 0.15) is 29.7 Å². The number of aromatic hydroxyl groups is 1. The third-order valence-electron chi connectivity index (χ3n) is 3.29. The Bertz CT molecular complexity index is 610. The van der Waals surface area contributed by atoms with E-state index in [1.165, 1.54) is 12.1 Å². The first-order valence-corrected chi connectivity index (χ1v) is 6.55. The largest absolute Gasteiger partial charge is 0.508 e. The van der Waals surface area contributed by atoms with Crippen molar-refractivity contribution in [1.82, 2.24) is 5.32 Å². The van der Waals surface area contributed by atoms with Crippen LogP contribution in [0, 0.1) is 0 Å². The van der Waals surface area contributed by atoms with Crippen LogP contribution >= 0.6 is 0 Å². The second kappa shape index (κ2) is 6.18. The lowest BCUT2D eigenvalue weighted by molar-refractivity contribution is -0.138. The molecule has 0 amide bonds. The minimum absolute atomic E-state index is 0.104. The van der Waals surface area contributed by atoms with Gasteiger partial charge in [-0.05, 0) is 36.2 Å². The molecule has 0 aliphatic heterocycles. The number of phenols is 1. The van der Waals surface area contributed by atoms with Gasteiger partial charge in [-0.25, -0.2) is 0 Å². The van der Waals surface area contributed by atoms with Crippen LogP contribution in [0.4, 0.5) is 13.2 Å². The van der Waals surface area contributed by atoms with Crippen LogP contribution in [-0.4, -0.2) is 5.11 Å². The Kier molecular flexibility index (Phi) is 4.53. The van der Waals surface area contributed by atoms with Gasteiger partial charge in [0.25, 0.3) is 0 Å². The van der Waals surface area contributed by atoms with Gasteiger partial charge in [0.15, 0.2) is 0 Å². The highest BCUT2D eigenvalue weighted by Crippen LogP contribution is 2.32. The van der Waals surface area contributed by atoms with Crippen LogP contribution in [0.5, 0.6) is 5.75 Å². The Morgan fingerprint density at radius 2 is 1.81 bits per heavy atom. The number of hydrogen-bond donors (Lipinski definition) is 2. The van der Waals surface area contributed by atoms with Crippen molar-refractivity contribution in [2.75, 3.05) is 0 Å². The molecule has 2 N–H and O–H groups in total. The normalized spacial score (nSPS) is 13.1. The van der Waals surface area contributed by atoms with Crippen LogP contribution in [0.3, 0.4) is 0 Å². The van der Waals surface area contributed by atoms with E-state index >= 15 is 0 Å². The lowest BCUT2D eigenvalue weighted by atomic mass is 10.0. The van der Waals surface area contributed by atoms with Gasteiger partial charge in [0.05, 0.1) is 5.56 Å². The molecule has 5 heteroatoms. The van der Waals surface area contributed by atoms with Gasteiger partial charge in [0.2, 0.25) is 0 Å². The van der Waals surface area contributed by atoms with Gasteiger partial charge in [-0.1, -0.05) is 30.3 Å². The second-order valence-corrected chi connectivity index (χ2v) is 4.85. The molecule has 0 fully saturated rings. The molecule has 0 spiro atoms. The van der Waals surface area contributed by atoms with Crippen molar-refractivity contribution in [3.05, 3.63) is 65.2 Å². The highest BCUT2D eigenvalue weighted by molar-refractivity contribution is 5.31. The van der Waals surface area contributed by atoms with E-state index < -0.39 is 11.7 Å². The molecule has 112 valence electrons. The number of rotatable bonds is 4. The van der Waals surface area contributed by atoms with Crippen LogP contribution in [0.25, 0.3) is 0 Å². The fourth-order valence-electron chi connectivity index (χ4n) is 2.13. The average molecular weight is 295 g/mol. The van der Waals surface area contributed by atoms with Crippen LogP contribution in [0.2, 0.25) is 0 Å². The lowest BCUT2D eigenvalue weighted by Crippen LogP contribution is -2.20. The molecule has 1 unspecified atom stereocenters. The zero-order valence-electron chi connectivity index (χ0n) is 11.5. The van der Waals surface area contributed by atoms with Crippen molar-refractivity contribution in [3.8, 4) is 5.75 Å². The molecule has 1 atom stereocenters. The van der Waals surface area contributed by atoms with Gasteiger partial charge < -0.3 is 10.4 Å². The summed E-state index contributed by atoms with van der Waals surface area (Å²) in [7, 11) is 0. The number of alkyl halides is 3. The quantitative estimate of drug-likeness (QED) is 0.883. The van der Waals surface area contributed by atoms with Crippen molar-refractivity contribution in [2.45, 2.75) is 25.7 Å². The summed E-state index contributed by atoms with van der Waals surface area (Å²) in [6, 6.07) is 12.0. The SMILES string of the molecule is CC(NCc1ccccc1C(F)(F)F)c1cccc(O)c1. The van der Waals surface area contributed by atoms with Gasteiger partial charge >= 0.3 is 6.18 Å². The maximum absolute atomic E-state index is 12.9. The second-order valence-electron chi connectivity index (χ2n) is 4.85. The lowest BCUT2D eigenvalue weighted by Gasteiger charge is -2.17. The number of nitrogens with one attached hydrogen (secondary N) is 1. The monoisotopic (exact) mass is 295 g/mol. The van der Waals surface area contributed by atoms with E-state index in [0.717, 1.165) is 11.6 Å². The Balaban J connectivity index is 2.10. The summed E-state index contributed by atoms with van der Waals surface area (Å²) in [5, 5.41) is 12.5. The fraction of sp³-hybridized carbons (Fsp3) is 0.250. The molecule has 0 saturated carbocycles. The van der Waals surface area contributed by atoms with Gasteiger partial charge in [-0.3, -0.25) is 0 Å². The summed E-state index contributed by atoms with van der Waals surface area (Å²) in [5.41, 5.74) is 0.400. The fourth-order valence-corrected chi connectivity index (χ4v) is 2.13. The predicted molar refractivity (Wildman–Crippen MR) is 74.8 cm³/mol. The highest BCUT2D eigenvalue weighted by atomic mass is 19.4. The molecule has 0 aliphatic rings. The van der Waals surface area contributed by atoms with E-state index in [2.05, 4.69) is 5.32 Å². The Morgan fingerprint density at radius 1 is 1.10 bits per heavy atom. The smallest absolute Gasteiger partial charge is 0.416 e. The van der Waals surface area contributed by atoms with Crippen molar-refractivity contribution >= 4 is 0 Å². The minimum atomic E-state index is -4.35. The highest BCUT2D eigenvalue weighted by Gasteiger charge is 2.32. The van der Waals surface area contributed by atoms with E-state index in [1.807, 2.05) is 13.0 Å². The Morgan fingerprint density at radius 3 is 2.48 bits per heavy atom. The molecular formula is C16H16F3NO. The molecule has 2 aromatic rings. The molecule has 0 radical (unpaired) electrons. The van der Waals surface area contributed by atoms with Crippen molar-refractivity contribution < 1.29 is 18.3 Å². The first kappa shape index (κ1) is 15.4. The number of phenolic OH excluding ortho intramolecular Hbond substituents is 1.